The number of carbonyl (C=O) groups is 1. The van der Waals surface area contributed by atoms with Crippen molar-refractivity contribution in [3.63, 3.8) is 0 Å². The second-order valence-electron chi connectivity index (χ2n) is 23.1. The number of rotatable bonds is 59. The normalized spacial score (nSPS) is 14.2. The van der Waals surface area contributed by atoms with Gasteiger partial charge in [-0.15, -0.1) is 0 Å². The van der Waals surface area contributed by atoms with Crippen molar-refractivity contribution in [3.05, 3.63) is 60.8 Å². The molecule has 0 aromatic heterocycles. The first-order valence-corrected chi connectivity index (χ1v) is 33.7. The molecule has 0 aliphatic heterocycles. The van der Waals surface area contributed by atoms with Gasteiger partial charge >= 0.3 is 7.82 Å². The number of nitrogens with zero attached hydrogens (tertiary/aromatic N) is 1. The average molecular weight is 1070 g/mol. The van der Waals surface area contributed by atoms with Crippen molar-refractivity contribution in [3.8, 4) is 0 Å². The van der Waals surface area contributed by atoms with E-state index in [2.05, 4.69) is 67.8 Å². The number of carbonyl (C=O) groups excluding carboxylic acids is 1. The fourth-order valence-corrected chi connectivity index (χ4v) is 10.2. The lowest BCUT2D eigenvalue weighted by Gasteiger charge is -2.25. The number of allylic oxidation sites excluding steroid dienone is 9. The molecule has 9 heteroatoms. The summed E-state index contributed by atoms with van der Waals surface area (Å²) < 4.78 is 23.7. The fraction of sp³-hybridized carbons (Fsp3) is 0.833. The van der Waals surface area contributed by atoms with Crippen molar-refractivity contribution in [1.29, 1.82) is 0 Å². The molecule has 0 radical (unpaired) electrons. The third-order valence-electron chi connectivity index (χ3n) is 14.5. The van der Waals surface area contributed by atoms with Crippen LogP contribution >= 0.6 is 7.82 Å². The van der Waals surface area contributed by atoms with E-state index in [4.69, 9.17) is 9.05 Å². The molecule has 0 fully saturated rings. The molecule has 0 saturated heterocycles. The highest BCUT2D eigenvalue weighted by Crippen LogP contribution is 2.43. The molecule has 3 atom stereocenters. The minimum absolute atomic E-state index is 0.0563. The lowest BCUT2D eigenvalue weighted by atomic mass is 10.0. The molecule has 75 heavy (non-hydrogen) atoms. The average Bonchev–Trinajstić information content (AvgIpc) is 3.37. The van der Waals surface area contributed by atoms with E-state index in [1.807, 2.05) is 27.2 Å². The van der Waals surface area contributed by atoms with Gasteiger partial charge in [0, 0.05) is 6.42 Å². The summed E-state index contributed by atoms with van der Waals surface area (Å²) in [6.07, 6.45) is 77.8. The molecule has 440 valence electrons. The van der Waals surface area contributed by atoms with Crippen LogP contribution in [0.4, 0.5) is 0 Å². The zero-order chi connectivity index (χ0) is 54.9. The second kappa shape index (κ2) is 56.9. The summed E-state index contributed by atoms with van der Waals surface area (Å²) in [4.78, 5) is 23.3. The van der Waals surface area contributed by atoms with Crippen LogP contribution < -0.4 is 5.32 Å². The molecule has 0 bridgehead atoms. The van der Waals surface area contributed by atoms with E-state index in [1.54, 1.807) is 6.08 Å². The van der Waals surface area contributed by atoms with Gasteiger partial charge in [0.2, 0.25) is 5.91 Å². The number of aliphatic hydroxyl groups is 1. The number of hydrogen-bond acceptors (Lipinski definition) is 5. The first kappa shape index (κ1) is 73.2. The van der Waals surface area contributed by atoms with Crippen molar-refractivity contribution >= 4 is 13.7 Å². The standard InChI is InChI=1S/C66H125N2O6P/c1-6-8-10-12-14-16-18-20-22-24-26-27-28-29-30-31-32-33-34-35-36-37-38-39-40-41-42-44-46-48-50-52-54-56-58-60-66(70)67-64(63-74-75(71,72)73-62-61-68(3,4)5)65(69)59-57-55-53-51-49-47-45-43-25-23-21-19-17-15-13-11-9-7-2/h18,20,24,26,28-29,49,51,57,59,64-65,69H,6-17,19,21-23,25,27,30-48,50,52-56,58,60-63H2,1-5H3,(H-,67,70,71,72)/p+1/b20-18-,26-24-,29-28-,51-49+,59-57+. The summed E-state index contributed by atoms with van der Waals surface area (Å²) in [5, 5.41) is 13.9. The smallest absolute Gasteiger partial charge is 0.387 e. The number of likely N-dealkylation sites (N-methyl/N-ethyl adjacent to an activating group) is 1. The highest BCUT2D eigenvalue weighted by atomic mass is 31.2. The number of amides is 1. The minimum atomic E-state index is -4.36. The largest absolute Gasteiger partial charge is 0.472 e. The summed E-state index contributed by atoms with van der Waals surface area (Å²) in [7, 11) is 1.56. The van der Waals surface area contributed by atoms with E-state index >= 15 is 0 Å². The van der Waals surface area contributed by atoms with E-state index in [0.29, 0.717) is 17.4 Å². The Balaban J connectivity index is 4.04. The molecule has 0 aromatic rings. The number of phosphoric ester groups is 1. The Bertz CT molecular complexity index is 1400. The van der Waals surface area contributed by atoms with Gasteiger partial charge in [-0.2, -0.15) is 0 Å². The topological polar surface area (TPSA) is 105 Å². The Kier molecular flexibility index (Phi) is 55.5. The molecule has 8 nitrogen and oxygen atoms in total. The van der Waals surface area contributed by atoms with E-state index in [0.717, 1.165) is 51.4 Å². The number of aliphatic hydroxyl groups excluding tert-OH is 1. The number of hydrogen-bond donors (Lipinski definition) is 3. The minimum Gasteiger partial charge on any atom is -0.387 e. The van der Waals surface area contributed by atoms with Gasteiger partial charge in [-0.05, 0) is 70.6 Å². The lowest BCUT2D eigenvalue weighted by Crippen LogP contribution is -2.45. The summed E-state index contributed by atoms with van der Waals surface area (Å²) in [6, 6.07) is -0.864. The molecule has 0 spiro atoms. The summed E-state index contributed by atoms with van der Waals surface area (Å²) in [6.45, 7) is 4.81. The van der Waals surface area contributed by atoms with Gasteiger partial charge in [0.25, 0.3) is 0 Å². The van der Waals surface area contributed by atoms with Crippen LogP contribution in [0.15, 0.2) is 60.8 Å². The van der Waals surface area contributed by atoms with Crippen LogP contribution in [0.25, 0.3) is 0 Å². The molecule has 0 saturated carbocycles. The molecular formula is C66H126N2O6P+. The van der Waals surface area contributed by atoms with E-state index in [9.17, 15) is 19.4 Å². The van der Waals surface area contributed by atoms with Gasteiger partial charge in [0.15, 0.2) is 0 Å². The van der Waals surface area contributed by atoms with Crippen LogP contribution in [0.3, 0.4) is 0 Å². The van der Waals surface area contributed by atoms with Gasteiger partial charge < -0.3 is 19.8 Å². The molecule has 0 rings (SSSR count). The van der Waals surface area contributed by atoms with E-state index < -0.39 is 20.0 Å². The quantitative estimate of drug-likeness (QED) is 0.0243. The van der Waals surface area contributed by atoms with Crippen molar-refractivity contribution in [1.82, 2.24) is 5.32 Å². The monoisotopic (exact) mass is 1070 g/mol. The van der Waals surface area contributed by atoms with Crippen molar-refractivity contribution in [2.24, 2.45) is 0 Å². The van der Waals surface area contributed by atoms with Gasteiger partial charge in [0.1, 0.15) is 13.2 Å². The van der Waals surface area contributed by atoms with Crippen LogP contribution in [0.1, 0.15) is 303 Å². The number of phosphoric acid groups is 1. The zero-order valence-electron chi connectivity index (χ0n) is 50.3. The predicted octanol–water partition coefficient (Wildman–Crippen LogP) is 20.0. The molecule has 3 N–H and O–H groups in total. The Labute approximate surface area is 466 Å². The van der Waals surface area contributed by atoms with Crippen molar-refractivity contribution in [2.75, 3.05) is 40.9 Å². The maximum atomic E-state index is 13.0. The Morgan fingerprint density at radius 1 is 0.453 bits per heavy atom. The number of quaternary nitrogens is 1. The van der Waals surface area contributed by atoms with Gasteiger partial charge in [-0.3, -0.25) is 13.8 Å². The third kappa shape index (κ3) is 59.7. The van der Waals surface area contributed by atoms with E-state index in [1.165, 1.54) is 231 Å². The Morgan fingerprint density at radius 3 is 1.16 bits per heavy atom. The Hall–Kier alpha value is -1.80. The maximum Gasteiger partial charge on any atom is 0.472 e. The third-order valence-corrected chi connectivity index (χ3v) is 15.4. The molecular weight excluding hydrogens is 948 g/mol. The predicted molar refractivity (Wildman–Crippen MR) is 327 cm³/mol. The Morgan fingerprint density at radius 2 is 0.773 bits per heavy atom. The second-order valence-corrected chi connectivity index (χ2v) is 24.6. The van der Waals surface area contributed by atoms with Crippen LogP contribution in [0.5, 0.6) is 0 Å². The van der Waals surface area contributed by atoms with E-state index in [-0.39, 0.29) is 19.1 Å². The summed E-state index contributed by atoms with van der Waals surface area (Å²) >= 11 is 0. The summed E-state index contributed by atoms with van der Waals surface area (Å²) in [5.74, 6) is -0.183. The van der Waals surface area contributed by atoms with Crippen LogP contribution in [-0.4, -0.2) is 73.4 Å². The van der Waals surface area contributed by atoms with Gasteiger partial charge in [0.05, 0.1) is 39.9 Å². The molecule has 1 amide bonds. The first-order chi connectivity index (χ1) is 36.5. The maximum absolute atomic E-state index is 13.0. The molecule has 3 unspecified atom stereocenters. The zero-order valence-corrected chi connectivity index (χ0v) is 51.2. The van der Waals surface area contributed by atoms with Gasteiger partial charge in [-0.25, -0.2) is 4.57 Å². The van der Waals surface area contributed by atoms with Gasteiger partial charge in [-0.1, -0.05) is 286 Å². The molecule has 0 aliphatic rings. The molecule has 0 aliphatic carbocycles. The number of nitrogens with one attached hydrogen (secondary N) is 1. The molecule has 0 aromatic carbocycles. The van der Waals surface area contributed by atoms with Crippen LogP contribution in [0, 0.1) is 0 Å². The first-order valence-electron chi connectivity index (χ1n) is 32.2. The number of unbranched alkanes of at least 4 members (excludes halogenated alkanes) is 38. The van der Waals surface area contributed by atoms with Crippen molar-refractivity contribution < 1.29 is 32.9 Å². The lowest BCUT2D eigenvalue weighted by molar-refractivity contribution is -0.870. The fourth-order valence-electron chi connectivity index (χ4n) is 9.42. The molecule has 0 heterocycles. The van der Waals surface area contributed by atoms with Crippen LogP contribution in [0.2, 0.25) is 0 Å². The highest BCUT2D eigenvalue weighted by molar-refractivity contribution is 7.47. The highest BCUT2D eigenvalue weighted by Gasteiger charge is 2.27. The van der Waals surface area contributed by atoms with Crippen LogP contribution in [-0.2, 0) is 18.4 Å². The van der Waals surface area contributed by atoms with Crippen molar-refractivity contribution in [2.45, 2.75) is 315 Å². The summed E-state index contributed by atoms with van der Waals surface area (Å²) in [5.41, 5.74) is 0. The SMILES string of the molecule is CCCCCCC/C=C\C/C=C\C/C=C\CCCCCCCCCCCCCCCCCCCCCCC(=O)NC(COP(=O)(O)OCC[N+](C)(C)C)C(O)/C=C/CC/C=C/CCCCCCCCCCCCCC.